The molecule has 2 amide bonds. The highest BCUT2D eigenvalue weighted by Crippen LogP contribution is 2.22. The zero-order valence-electron chi connectivity index (χ0n) is 16.9. The summed E-state index contributed by atoms with van der Waals surface area (Å²) in [6, 6.07) is 10.8. The molecule has 0 heterocycles. The minimum atomic E-state index is -0.731. The number of benzene rings is 2. The number of ether oxygens (including phenoxy) is 1. The van der Waals surface area contributed by atoms with E-state index in [1.54, 1.807) is 26.2 Å². The van der Waals surface area contributed by atoms with Gasteiger partial charge in [-0.15, -0.1) is 0 Å². The fourth-order valence-corrected chi connectivity index (χ4v) is 3.13. The van der Waals surface area contributed by atoms with E-state index in [2.05, 4.69) is 5.32 Å². The molecule has 156 valence electrons. The Hall–Kier alpha value is -2.60. The Morgan fingerprint density at radius 3 is 2.62 bits per heavy atom. The first kappa shape index (κ1) is 22.7. The summed E-state index contributed by atoms with van der Waals surface area (Å²) in [5.74, 6) is -0.549. The Morgan fingerprint density at radius 2 is 1.97 bits per heavy atom. The normalized spacial score (nSPS) is 11.6. The number of hydrogen-bond donors (Lipinski definition) is 1. The van der Waals surface area contributed by atoms with Gasteiger partial charge in [0.1, 0.15) is 17.6 Å². The number of methoxy groups -OCH3 is 1. The summed E-state index contributed by atoms with van der Waals surface area (Å²) in [7, 11) is 1.56. The first-order valence-electron chi connectivity index (χ1n) is 9.50. The van der Waals surface area contributed by atoms with Crippen LogP contribution in [0, 0.1) is 5.82 Å². The molecule has 0 saturated heterocycles. The van der Waals surface area contributed by atoms with E-state index in [9.17, 15) is 14.0 Å². The molecule has 1 atom stereocenters. The van der Waals surface area contributed by atoms with Crippen molar-refractivity contribution in [1.29, 1.82) is 0 Å². The van der Waals surface area contributed by atoms with E-state index < -0.39 is 11.9 Å². The van der Waals surface area contributed by atoms with Gasteiger partial charge >= 0.3 is 0 Å². The predicted octanol–water partition coefficient (Wildman–Crippen LogP) is 3.97. The van der Waals surface area contributed by atoms with Crippen LogP contribution in [0.1, 0.15) is 31.4 Å². The van der Waals surface area contributed by atoms with Crippen molar-refractivity contribution in [1.82, 2.24) is 10.2 Å². The van der Waals surface area contributed by atoms with Gasteiger partial charge < -0.3 is 15.0 Å². The summed E-state index contributed by atoms with van der Waals surface area (Å²) in [4.78, 5) is 27.0. The molecule has 0 radical (unpaired) electrons. The van der Waals surface area contributed by atoms with Crippen LogP contribution in [0.4, 0.5) is 4.39 Å². The molecule has 0 fully saturated rings. The van der Waals surface area contributed by atoms with Crippen LogP contribution in [0.5, 0.6) is 5.75 Å². The van der Waals surface area contributed by atoms with Crippen LogP contribution in [-0.4, -0.2) is 36.4 Å². The van der Waals surface area contributed by atoms with Gasteiger partial charge in [-0.2, -0.15) is 0 Å². The molecule has 0 aliphatic carbocycles. The second kappa shape index (κ2) is 10.8. The van der Waals surface area contributed by atoms with Crippen LogP contribution in [-0.2, 0) is 22.6 Å². The van der Waals surface area contributed by atoms with Crippen molar-refractivity contribution in [2.24, 2.45) is 0 Å². The third-order valence-electron chi connectivity index (χ3n) is 4.59. The van der Waals surface area contributed by atoms with Gasteiger partial charge in [-0.05, 0) is 43.2 Å². The minimum Gasteiger partial charge on any atom is -0.497 e. The molecule has 1 N–H and O–H groups in total. The zero-order chi connectivity index (χ0) is 21.4. The predicted molar refractivity (Wildman–Crippen MR) is 111 cm³/mol. The molecular weight excluding hydrogens is 395 g/mol. The lowest BCUT2D eigenvalue weighted by molar-refractivity contribution is -0.140. The van der Waals surface area contributed by atoms with E-state index in [-0.39, 0.29) is 35.4 Å². The van der Waals surface area contributed by atoms with Gasteiger partial charge in [-0.25, -0.2) is 4.39 Å². The van der Waals surface area contributed by atoms with Gasteiger partial charge in [0.15, 0.2) is 0 Å². The largest absolute Gasteiger partial charge is 0.497 e. The fourth-order valence-electron chi connectivity index (χ4n) is 2.90. The molecule has 0 aromatic heterocycles. The van der Waals surface area contributed by atoms with E-state index >= 15 is 0 Å². The van der Waals surface area contributed by atoms with Crippen molar-refractivity contribution in [2.45, 2.75) is 39.3 Å². The smallest absolute Gasteiger partial charge is 0.242 e. The zero-order valence-corrected chi connectivity index (χ0v) is 17.6. The standard InChI is InChI=1S/C22H26ClFN2O3/c1-4-11-25-22(28)15(2)26(14-16-7-5-8-17(12-16)29-3)21(27)13-18-19(23)9-6-10-20(18)24/h5-10,12,15H,4,11,13-14H2,1-3H3,(H,25,28)/t15-/m1/s1. The molecule has 0 aliphatic rings. The van der Waals surface area contributed by atoms with Crippen molar-refractivity contribution in [2.75, 3.05) is 13.7 Å². The highest BCUT2D eigenvalue weighted by Gasteiger charge is 2.27. The Labute approximate surface area is 175 Å². The average molecular weight is 421 g/mol. The molecule has 0 aliphatic heterocycles. The second-order valence-corrected chi connectivity index (χ2v) is 7.12. The van der Waals surface area contributed by atoms with Gasteiger partial charge in [0.25, 0.3) is 0 Å². The third-order valence-corrected chi connectivity index (χ3v) is 4.95. The Morgan fingerprint density at radius 1 is 1.24 bits per heavy atom. The summed E-state index contributed by atoms with van der Waals surface area (Å²) in [5, 5.41) is 2.99. The lowest BCUT2D eigenvalue weighted by Gasteiger charge is -2.29. The van der Waals surface area contributed by atoms with E-state index in [0.29, 0.717) is 12.3 Å². The second-order valence-electron chi connectivity index (χ2n) is 6.72. The van der Waals surface area contributed by atoms with Crippen LogP contribution >= 0.6 is 11.6 Å². The van der Waals surface area contributed by atoms with Crippen molar-refractivity contribution in [3.8, 4) is 5.75 Å². The van der Waals surface area contributed by atoms with Crippen LogP contribution < -0.4 is 10.1 Å². The number of halogens is 2. The molecular formula is C22H26ClFN2O3. The van der Waals surface area contributed by atoms with Crippen LogP contribution in [0.3, 0.4) is 0 Å². The summed E-state index contributed by atoms with van der Waals surface area (Å²) in [6.45, 7) is 4.31. The highest BCUT2D eigenvalue weighted by atomic mass is 35.5. The minimum absolute atomic E-state index is 0.121. The SMILES string of the molecule is CCCNC(=O)[C@@H](C)N(Cc1cccc(OC)c1)C(=O)Cc1c(F)cccc1Cl. The van der Waals surface area contributed by atoms with Crippen molar-refractivity contribution in [3.63, 3.8) is 0 Å². The van der Waals surface area contributed by atoms with Crippen molar-refractivity contribution >= 4 is 23.4 Å². The molecule has 2 rings (SSSR count). The number of carbonyl (C=O) groups excluding carboxylic acids is 2. The first-order chi connectivity index (χ1) is 13.9. The number of carbonyl (C=O) groups is 2. The van der Waals surface area contributed by atoms with Gasteiger partial charge in [-0.3, -0.25) is 9.59 Å². The Balaban J connectivity index is 2.29. The van der Waals surface area contributed by atoms with Gasteiger partial charge in [-0.1, -0.05) is 36.7 Å². The summed E-state index contributed by atoms with van der Waals surface area (Å²) >= 11 is 6.08. The van der Waals surface area contributed by atoms with Gasteiger partial charge in [0.05, 0.1) is 13.5 Å². The maximum Gasteiger partial charge on any atom is 0.242 e. The number of hydrogen-bond acceptors (Lipinski definition) is 3. The first-order valence-corrected chi connectivity index (χ1v) is 9.88. The lowest BCUT2D eigenvalue weighted by Crippen LogP contribution is -2.48. The molecule has 2 aromatic rings. The maximum absolute atomic E-state index is 14.2. The molecule has 0 bridgehead atoms. The monoisotopic (exact) mass is 420 g/mol. The summed E-state index contributed by atoms with van der Waals surface area (Å²) in [5.41, 5.74) is 0.920. The van der Waals surface area contributed by atoms with E-state index in [0.717, 1.165) is 12.0 Å². The van der Waals surface area contributed by atoms with E-state index in [1.807, 2.05) is 19.1 Å². The fraction of sp³-hybridized carbons (Fsp3) is 0.364. The highest BCUT2D eigenvalue weighted by molar-refractivity contribution is 6.31. The lowest BCUT2D eigenvalue weighted by atomic mass is 10.1. The average Bonchev–Trinajstić information content (AvgIpc) is 2.72. The molecule has 5 nitrogen and oxygen atoms in total. The van der Waals surface area contributed by atoms with Crippen LogP contribution in [0.15, 0.2) is 42.5 Å². The van der Waals surface area contributed by atoms with Gasteiger partial charge in [0, 0.05) is 23.7 Å². The summed E-state index contributed by atoms with van der Waals surface area (Å²) in [6.07, 6.45) is 0.550. The number of rotatable bonds is 9. The van der Waals surface area contributed by atoms with Crippen molar-refractivity contribution < 1.29 is 18.7 Å². The third kappa shape index (κ3) is 6.19. The van der Waals surface area contributed by atoms with E-state index in [4.69, 9.17) is 16.3 Å². The molecule has 7 heteroatoms. The summed E-state index contributed by atoms with van der Waals surface area (Å²) < 4.78 is 19.4. The quantitative estimate of drug-likeness (QED) is 0.667. The van der Waals surface area contributed by atoms with E-state index in [1.165, 1.54) is 23.1 Å². The van der Waals surface area contributed by atoms with Crippen molar-refractivity contribution in [3.05, 3.63) is 64.4 Å². The number of amides is 2. The Bertz CT molecular complexity index is 839. The topological polar surface area (TPSA) is 58.6 Å². The molecule has 0 spiro atoms. The van der Waals surface area contributed by atoms with Gasteiger partial charge in [0.2, 0.25) is 11.8 Å². The van der Waals surface area contributed by atoms with Crippen LogP contribution in [0.25, 0.3) is 0 Å². The number of nitrogens with one attached hydrogen (secondary N) is 1. The number of nitrogens with zero attached hydrogens (tertiary/aromatic N) is 1. The molecule has 29 heavy (non-hydrogen) atoms. The molecule has 2 aromatic carbocycles. The van der Waals surface area contributed by atoms with Crippen LogP contribution in [0.2, 0.25) is 5.02 Å². The Kier molecular flexibility index (Phi) is 8.46. The maximum atomic E-state index is 14.2. The molecule has 0 saturated carbocycles. The molecule has 0 unspecified atom stereocenters.